The third-order valence-electron chi connectivity index (χ3n) is 2.06. The van der Waals surface area contributed by atoms with Crippen molar-refractivity contribution in [2.24, 2.45) is 5.73 Å². The first-order valence-electron chi connectivity index (χ1n) is 5.23. The first kappa shape index (κ1) is 14.2. The average Bonchev–Trinajstić information content (AvgIpc) is 2.37. The monoisotopic (exact) mass is 262 g/mol. The molecule has 1 aromatic carbocycles. The Bertz CT molecular complexity index is 480. The van der Waals surface area contributed by atoms with E-state index in [1.165, 1.54) is 0 Å². The summed E-state index contributed by atoms with van der Waals surface area (Å²) in [7, 11) is 0. The van der Waals surface area contributed by atoms with Crippen molar-refractivity contribution < 1.29 is 10.0 Å². The van der Waals surface area contributed by atoms with Crippen LogP contribution in [0.25, 0.3) is 6.08 Å². The highest BCUT2D eigenvalue weighted by atomic mass is 32.2. The van der Waals surface area contributed by atoms with Gasteiger partial charge in [0.2, 0.25) is 0 Å². The van der Waals surface area contributed by atoms with E-state index in [4.69, 9.17) is 17.4 Å². The molecule has 0 radical (unpaired) electrons. The van der Waals surface area contributed by atoms with E-state index in [1.54, 1.807) is 17.8 Å². The second kappa shape index (κ2) is 7.43. The van der Waals surface area contributed by atoms with Crippen molar-refractivity contribution >= 4 is 23.9 Å². The number of amides is 2. The lowest BCUT2D eigenvalue weighted by Crippen LogP contribution is -2.32. The molecule has 0 aliphatic heterocycles. The highest BCUT2D eigenvalue weighted by Crippen LogP contribution is 2.23. The van der Waals surface area contributed by atoms with Crippen molar-refractivity contribution in [2.45, 2.75) is 4.90 Å². The van der Waals surface area contributed by atoms with Gasteiger partial charge in [-0.1, -0.05) is 36.3 Å². The maximum Gasteiger partial charge on any atom is 0.338 e. The van der Waals surface area contributed by atoms with Crippen LogP contribution < -0.4 is 5.73 Å². The van der Waals surface area contributed by atoms with Gasteiger partial charge >= 0.3 is 6.03 Å². The molecule has 0 unspecified atom stereocenters. The molecule has 3 N–H and O–H groups in total. The Balaban J connectivity index is 2.69. The molecule has 0 saturated carbocycles. The van der Waals surface area contributed by atoms with E-state index in [-0.39, 0.29) is 6.54 Å². The summed E-state index contributed by atoms with van der Waals surface area (Å²) < 4.78 is 0. The number of nitrogens with two attached hydrogens (primary N) is 1. The molecule has 94 valence electrons. The summed E-state index contributed by atoms with van der Waals surface area (Å²) in [6.07, 6.45) is 8.68. The number of primary amides is 1. The van der Waals surface area contributed by atoms with E-state index >= 15 is 0 Å². The van der Waals surface area contributed by atoms with Crippen LogP contribution in [0.5, 0.6) is 0 Å². The van der Waals surface area contributed by atoms with E-state index in [1.807, 2.05) is 30.3 Å². The standard InChI is InChI=1S/C13H14N2O2S/c1-2-10-18-12-8-4-3-6-11(12)7-5-9-15(17)13(14)16/h1,3-8,17H,9-10H2,(H2,14,16)/b7-5+. The minimum atomic E-state index is -0.880. The number of carbonyl (C=O) groups is 1. The molecule has 0 spiro atoms. The van der Waals surface area contributed by atoms with Crippen molar-refractivity contribution in [3.8, 4) is 12.3 Å². The summed E-state index contributed by atoms with van der Waals surface area (Å²) in [6, 6.07) is 6.85. The number of hydrogen-bond donors (Lipinski definition) is 2. The van der Waals surface area contributed by atoms with Gasteiger partial charge in [-0.2, -0.15) is 0 Å². The van der Waals surface area contributed by atoms with E-state index in [2.05, 4.69) is 5.92 Å². The van der Waals surface area contributed by atoms with Crippen LogP contribution in [-0.4, -0.2) is 28.6 Å². The summed E-state index contributed by atoms with van der Waals surface area (Å²) in [5.41, 5.74) is 5.87. The molecule has 1 rings (SSSR count). The molecular formula is C13H14N2O2S. The highest BCUT2D eigenvalue weighted by Gasteiger charge is 2.02. The van der Waals surface area contributed by atoms with Gasteiger partial charge in [0.05, 0.1) is 12.3 Å². The molecule has 0 aliphatic carbocycles. The summed E-state index contributed by atoms with van der Waals surface area (Å²) in [6.45, 7) is 0.0451. The number of nitrogens with zero attached hydrogens (tertiary/aromatic N) is 1. The van der Waals surface area contributed by atoms with Crippen molar-refractivity contribution in [2.75, 3.05) is 12.3 Å². The maximum absolute atomic E-state index is 10.6. The number of benzene rings is 1. The van der Waals surface area contributed by atoms with Gasteiger partial charge < -0.3 is 5.73 Å². The van der Waals surface area contributed by atoms with E-state index < -0.39 is 6.03 Å². The van der Waals surface area contributed by atoms with Crippen LogP contribution in [0.1, 0.15) is 5.56 Å². The molecule has 18 heavy (non-hydrogen) atoms. The number of urea groups is 1. The van der Waals surface area contributed by atoms with Gasteiger partial charge in [-0.25, -0.2) is 9.86 Å². The third kappa shape index (κ3) is 4.53. The van der Waals surface area contributed by atoms with Crippen molar-refractivity contribution in [3.63, 3.8) is 0 Å². The van der Waals surface area contributed by atoms with Crippen molar-refractivity contribution in [1.29, 1.82) is 0 Å². The molecule has 0 saturated heterocycles. The molecule has 4 nitrogen and oxygen atoms in total. The summed E-state index contributed by atoms with van der Waals surface area (Å²) in [5, 5.41) is 9.53. The molecule has 5 heteroatoms. The van der Waals surface area contributed by atoms with Crippen LogP contribution in [0, 0.1) is 12.3 Å². The van der Waals surface area contributed by atoms with Gasteiger partial charge in [0, 0.05) is 4.90 Å². The Kier molecular flexibility index (Phi) is 5.85. The van der Waals surface area contributed by atoms with Crippen LogP contribution in [-0.2, 0) is 0 Å². The van der Waals surface area contributed by atoms with Gasteiger partial charge in [-0.05, 0) is 11.6 Å². The predicted octanol–water partition coefficient (Wildman–Crippen LogP) is 2.19. The normalized spacial score (nSPS) is 10.2. The van der Waals surface area contributed by atoms with E-state index in [0.29, 0.717) is 10.8 Å². The summed E-state index contributed by atoms with van der Waals surface area (Å²) in [4.78, 5) is 11.6. The Morgan fingerprint density at radius 2 is 2.28 bits per heavy atom. The van der Waals surface area contributed by atoms with E-state index in [0.717, 1.165) is 10.5 Å². The zero-order valence-corrected chi connectivity index (χ0v) is 10.6. The Labute approximate surface area is 110 Å². The average molecular weight is 262 g/mol. The second-order valence-electron chi connectivity index (χ2n) is 3.35. The van der Waals surface area contributed by atoms with Gasteiger partial charge in [-0.15, -0.1) is 18.2 Å². The molecule has 0 aliphatic rings. The topological polar surface area (TPSA) is 66.6 Å². The van der Waals surface area contributed by atoms with Gasteiger partial charge in [0.25, 0.3) is 0 Å². The highest BCUT2D eigenvalue weighted by molar-refractivity contribution is 7.99. The van der Waals surface area contributed by atoms with Gasteiger partial charge in [0.1, 0.15) is 0 Å². The van der Waals surface area contributed by atoms with Crippen LogP contribution in [0.3, 0.4) is 0 Å². The Hall–Kier alpha value is -1.90. The zero-order valence-electron chi connectivity index (χ0n) is 9.74. The van der Waals surface area contributed by atoms with Crippen LogP contribution >= 0.6 is 11.8 Å². The quantitative estimate of drug-likeness (QED) is 0.370. The largest absolute Gasteiger partial charge is 0.350 e. The minimum Gasteiger partial charge on any atom is -0.350 e. The first-order valence-corrected chi connectivity index (χ1v) is 6.21. The van der Waals surface area contributed by atoms with Crippen molar-refractivity contribution in [1.82, 2.24) is 5.06 Å². The van der Waals surface area contributed by atoms with Crippen LogP contribution in [0.15, 0.2) is 35.2 Å². The zero-order chi connectivity index (χ0) is 13.4. The lowest BCUT2D eigenvalue weighted by molar-refractivity contribution is -0.0286. The number of hydrogen-bond acceptors (Lipinski definition) is 3. The maximum atomic E-state index is 10.6. The molecule has 0 heterocycles. The SMILES string of the molecule is C#CCSc1ccccc1/C=C/CN(O)C(N)=O. The third-order valence-corrected chi connectivity index (χ3v) is 3.05. The lowest BCUT2D eigenvalue weighted by Gasteiger charge is -2.08. The minimum absolute atomic E-state index is 0.0451. The predicted molar refractivity (Wildman–Crippen MR) is 73.1 cm³/mol. The molecule has 0 bridgehead atoms. The molecule has 0 aromatic heterocycles. The molecule has 1 aromatic rings. The van der Waals surface area contributed by atoms with Gasteiger partial charge in [0.15, 0.2) is 0 Å². The Morgan fingerprint density at radius 1 is 1.56 bits per heavy atom. The molecular weight excluding hydrogens is 248 g/mol. The Morgan fingerprint density at radius 3 is 2.94 bits per heavy atom. The number of carbonyl (C=O) groups excluding carboxylic acids is 1. The van der Waals surface area contributed by atoms with E-state index in [9.17, 15) is 4.79 Å². The molecule has 2 amide bonds. The number of rotatable bonds is 5. The number of terminal acetylenes is 1. The van der Waals surface area contributed by atoms with Crippen LogP contribution in [0.4, 0.5) is 4.79 Å². The van der Waals surface area contributed by atoms with Crippen molar-refractivity contribution in [3.05, 3.63) is 35.9 Å². The number of thioether (sulfide) groups is 1. The number of hydroxylamine groups is 2. The summed E-state index contributed by atoms with van der Waals surface area (Å²) >= 11 is 1.56. The first-order chi connectivity index (χ1) is 8.65. The second-order valence-corrected chi connectivity index (χ2v) is 4.37. The summed E-state index contributed by atoms with van der Waals surface area (Å²) in [5.74, 6) is 3.16. The fraction of sp³-hybridized carbons (Fsp3) is 0.154. The fourth-order valence-corrected chi connectivity index (χ4v) is 1.95. The molecule has 0 fully saturated rings. The smallest absolute Gasteiger partial charge is 0.338 e. The lowest BCUT2D eigenvalue weighted by atomic mass is 10.2. The van der Waals surface area contributed by atoms with Gasteiger partial charge in [-0.3, -0.25) is 5.21 Å². The fourth-order valence-electron chi connectivity index (χ4n) is 1.24. The van der Waals surface area contributed by atoms with Crippen LogP contribution in [0.2, 0.25) is 0 Å². The molecule has 0 atom stereocenters.